The molecule has 3 nitrogen and oxygen atoms in total. The van der Waals surface area contributed by atoms with E-state index in [2.05, 4.69) is 4.18 Å². The third-order valence-electron chi connectivity index (χ3n) is 2.50. The summed E-state index contributed by atoms with van der Waals surface area (Å²) in [6.07, 6.45) is 0. The van der Waals surface area contributed by atoms with Crippen LogP contribution in [0.1, 0.15) is 50.7 Å². The van der Waals surface area contributed by atoms with Gasteiger partial charge in [-0.05, 0) is 23.0 Å². The van der Waals surface area contributed by atoms with Gasteiger partial charge in [-0.1, -0.05) is 49.8 Å². The quantitative estimate of drug-likeness (QED) is 0.778. The molecule has 0 aromatic heterocycles. The maximum atomic E-state index is 12.7. The van der Waals surface area contributed by atoms with Gasteiger partial charge in [-0.25, -0.2) is 0 Å². The molecular weight excluding hydrogens is 243 g/mol. The zero-order valence-electron chi connectivity index (χ0n) is 10.4. The number of halogens is 1. The Morgan fingerprint density at radius 2 is 1.47 bits per heavy atom. The van der Waals surface area contributed by atoms with Crippen LogP contribution in [0.2, 0.25) is 0 Å². The zero-order valence-corrected chi connectivity index (χ0v) is 11.2. The molecule has 0 saturated carbocycles. The summed E-state index contributed by atoms with van der Waals surface area (Å²) in [5.74, 6) is 0.246. The molecule has 0 heterocycles. The summed E-state index contributed by atoms with van der Waals surface area (Å²) in [6, 6.07) is 5.32. The fourth-order valence-corrected chi connectivity index (χ4v) is 2.07. The monoisotopic (exact) mass is 260 g/mol. The van der Waals surface area contributed by atoms with Gasteiger partial charge in [0.2, 0.25) is 0 Å². The molecule has 0 aliphatic carbocycles. The van der Waals surface area contributed by atoms with Crippen molar-refractivity contribution in [1.82, 2.24) is 0 Å². The maximum Gasteiger partial charge on any atom is 0.488 e. The molecule has 0 bridgehead atoms. The van der Waals surface area contributed by atoms with Crippen molar-refractivity contribution in [3.63, 3.8) is 0 Å². The second-order valence-corrected chi connectivity index (χ2v) is 5.50. The Labute approximate surface area is 102 Å². The summed E-state index contributed by atoms with van der Waals surface area (Å²) < 4.78 is 38.5. The van der Waals surface area contributed by atoms with Gasteiger partial charge in [0, 0.05) is 0 Å². The summed E-state index contributed by atoms with van der Waals surface area (Å²) in [6.45, 7) is 7.60. The van der Waals surface area contributed by atoms with E-state index in [1.165, 1.54) is 0 Å². The number of hydrogen-bond acceptors (Lipinski definition) is 3. The minimum Gasteiger partial charge on any atom is -0.358 e. The predicted molar refractivity (Wildman–Crippen MR) is 65.3 cm³/mol. The van der Waals surface area contributed by atoms with Crippen LogP contribution in [0.15, 0.2) is 18.2 Å². The van der Waals surface area contributed by atoms with Crippen LogP contribution in [-0.4, -0.2) is 8.42 Å². The van der Waals surface area contributed by atoms with Crippen molar-refractivity contribution in [1.29, 1.82) is 0 Å². The molecule has 0 saturated heterocycles. The lowest BCUT2D eigenvalue weighted by Crippen LogP contribution is -2.08. The minimum atomic E-state index is -4.99. The molecule has 0 fully saturated rings. The molecule has 0 spiro atoms. The van der Waals surface area contributed by atoms with Crippen molar-refractivity contribution >= 4 is 10.5 Å². The molecule has 1 aromatic carbocycles. The van der Waals surface area contributed by atoms with E-state index in [0.717, 1.165) is 0 Å². The summed E-state index contributed by atoms with van der Waals surface area (Å²) in [5.41, 5.74) is 1.38. The molecule has 0 N–H and O–H groups in total. The zero-order chi connectivity index (χ0) is 13.2. The highest BCUT2D eigenvalue weighted by Gasteiger charge is 2.20. The molecule has 1 rings (SSSR count). The average Bonchev–Trinajstić information content (AvgIpc) is 2.14. The van der Waals surface area contributed by atoms with Gasteiger partial charge in [-0.3, -0.25) is 0 Å². The van der Waals surface area contributed by atoms with Gasteiger partial charge >= 0.3 is 10.5 Å². The lowest BCUT2D eigenvalue weighted by molar-refractivity contribution is 0.433. The number of benzene rings is 1. The van der Waals surface area contributed by atoms with Gasteiger partial charge in [-0.15, -0.1) is 0 Å². The Bertz CT molecular complexity index is 466. The second kappa shape index (κ2) is 5.04. The molecule has 0 radical (unpaired) electrons. The summed E-state index contributed by atoms with van der Waals surface area (Å²) >= 11 is 0. The van der Waals surface area contributed by atoms with Crippen molar-refractivity contribution in [2.45, 2.75) is 39.5 Å². The van der Waals surface area contributed by atoms with Gasteiger partial charge in [0.15, 0.2) is 5.75 Å². The van der Waals surface area contributed by atoms with E-state index in [4.69, 9.17) is 0 Å². The van der Waals surface area contributed by atoms with Crippen LogP contribution in [0.4, 0.5) is 3.89 Å². The van der Waals surface area contributed by atoms with E-state index < -0.39 is 10.5 Å². The van der Waals surface area contributed by atoms with Crippen LogP contribution in [0.25, 0.3) is 0 Å². The van der Waals surface area contributed by atoms with Crippen molar-refractivity contribution in [2.24, 2.45) is 0 Å². The first kappa shape index (κ1) is 14.0. The highest BCUT2D eigenvalue weighted by Crippen LogP contribution is 2.35. The Morgan fingerprint density at radius 1 is 1.06 bits per heavy atom. The van der Waals surface area contributed by atoms with Gasteiger partial charge < -0.3 is 4.18 Å². The Morgan fingerprint density at radius 3 is 1.76 bits per heavy atom. The van der Waals surface area contributed by atoms with Crippen LogP contribution in [0.3, 0.4) is 0 Å². The second-order valence-electron chi connectivity index (χ2n) is 4.55. The van der Waals surface area contributed by atoms with Gasteiger partial charge in [0.1, 0.15) is 0 Å². The van der Waals surface area contributed by atoms with Crippen LogP contribution in [0.5, 0.6) is 5.75 Å². The Kier molecular flexibility index (Phi) is 4.14. The van der Waals surface area contributed by atoms with E-state index in [0.29, 0.717) is 11.1 Å². The van der Waals surface area contributed by atoms with Gasteiger partial charge in [0.05, 0.1) is 0 Å². The molecular formula is C12H17FO3S. The van der Waals surface area contributed by atoms with Crippen LogP contribution in [0, 0.1) is 0 Å². The molecule has 0 amide bonds. The summed E-state index contributed by atoms with van der Waals surface area (Å²) in [4.78, 5) is 0. The largest absolute Gasteiger partial charge is 0.488 e. The number of hydrogen-bond donors (Lipinski definition) is 0. The summed E-state index contributed by atoms with van der Waals surface area (Å²) in [5, 5.41) is 0. The average molecular weight is 260 g/mol. The highest BCUT2D eigenvalue weighted by atomic mass is 32.3. The van der Waals surface area contributed by atoms with Crippen molar-refractivity contribution in [3.8, 4) is 5.75 Å². The normalized spacial score (nSPS) is 12.2. The van der Waals surface area contributed by atoms with Crippen LogP contribution in [-0.2, 0) is 10.5 Å². The lowest BCUT2D eigenvalue weighted by atomic mass is 9.94. The number of rotatable bonds is 4. The smallest absolute Gasteiger partial charge is 0.358 e. The van der Waals surface area contributed by atoms with Crippen molar-refractivity contribution in [3.05, 3.63) is 29.3 Å². The third-order valence-corrected chi connectivity index (χ3v) is 2.87. The van der Waals surface area contributed by atoms with E-state index in [1.807, 2.05) is 33.8 Å². The molecule has 96 valence electrons. The molecule has 0 unspecified atom stereocenters. The van der Waals surface area contributed by atoms with Crippen LogP contribution >= 0.6 is 0 Å². The van der Waals surface area contributed by atoms with E-state index >= 15 is 0 Å². The van der Waals surface area contributed by atoms with E-state index in [1.54, 1.807) is 12.1 Å². The molecule has 0 atom stereocenters. The molecule has 0 aliphatic rings. The van der Waals surface area contributed by atoms with Gasteiger partial charge in [-0.2, -0.15) is 8.42 Å². The SMILES string of the molecule is CC(C)c1cccc(C(C)C)c1OS(=O)(=O)F. The fourth-order valence-electron chi connectivity index (χ4n) is 1.68. The molecule has 5 heteroatoms. The summed E-state index contributed by atoms with van der Waals surface area (Å²) in [7, 11) is -4.99. The number of para-hydroxylation sites is 1. The highest BCUT2D eigenvalue weighted by molar-refractivity contribution is 7.81. The van der Waals surface area contributed by atoms with Crippen molar-refractivity contribution in [2.75, 3.05) is 0 Å². The van der Waals surface area contributed by atoms with E-state index in [9.17, 15) is 12.3 Å². The molecule has 1 aromatic rings. The van der Waals surface area contributed by atoms with Crippen LogP contribution < -0.4 is 4.18 Å². The minimum absolute atomic E-state index is 0.0606. The first-order valence-electron chi connectivity index (χ1n) is 5.49. The van der Waals surface area contributed by atoms with Crippen molar-refractivity contribution < 1.29 is 16.5 Å². The standard InChI is InChI=1S/C12H17FO3S/c1-8(2)10-6-5-7-11(9(3)4)12(10)16-17(13,14)15/h5-9H,1-4H3. The van der Waals surface area contributed by atoms with Gasteiger partial charge in [0.25, 0.3) is 0 Å². The third kappa shape index (κ3) is 3.70. The molecule has 0 aliphatic heterocycles. The first-order chi connectivity index (χ1) is 7.72. The Hall–Kier alpha value is -1.10. The predicted octanol–water partition coefficient (Wildman–Crippen LogP) is 3.53. The Balaban J connectivity index is 3.39. The molecule has 17 heavy (non-hydrogen) atoms. The topological polar surface area (TPSA) is 43.4 Å². The maximum absolute atomic E-state index is 12.7. The fraction of sp³-hybridized carbons (Fsp3) is 0.500. The lowest BCUT2D eigenvalue weighted by Gasteiger charge is -2.17. The van der Waals surface area contributed by atoms with E-state index in [-0.39, 0.29) is 17.6 Å². The first-order valence-corrected chi connectivity index (χ1v) is 6.80.